The molecule has 1 unspecified atom stereocenters. The second-order valence-corrected chi connectivity index (χ2v) is 4.36. The summed E-state index contributed by atoms with van der Waals surface area (Å²) in [5.41, 5.74) is 0. The third-order valence-electron chi connectivity index (χ3n) is 1.15. The van der Waals surface area contributed by atoms with Gasteiger partial charge >= 0.3 is 5.97 Å². The molecule has 0 amide bonds. The molecule has 0 rings (SSSR count). The van der Waals surface area contributed by atoms with Crippen molar-refractivity contribution in [2.24, 2.45) is 0 Å². The lowest BCUT2D eigenvalue weighted by atomic mass is 10.5. The number of rotatable bonds is 5. The van der Waals surface area contributed by atoms with E-state index in [1.165, 1.54) is 11.8 Å². The number of hydrogen-bond donors (Lipinski definition) is 0. The van der Waals surface area contributed by atoms with Gasteiger partial charge in [0.2, 0.25) is 4.38 Å². The predicted octanol–water partition coefficient (Wildman–Crippen LogP) is 2.21. The van der Waals surface area contributed by atoms with Crippen LogP contribution in [0.2, 0.25) is 0 Å². The number of thioether (sulfide) groups is 1. The fourth-order valence-electron chi connectivity index (χ4n) is 0.601. The second-order valence-electron chi connectivity index (χ2n) is 2.21. The molecule has 0 saturated heterocycles. The van der Waals surface area contributed by atoms with Crippen molar-refractivity contribution < 1.29 is 14.3 Å². The van der Waals surface area contributed by atoms with Crippen LogP contribution >= 0.6 is 35.6 Å². The van der Waals surface area contributed by atoms with E-state index < -0.39 is 11.3 Å². The fourth-order valence-corrected chi connectivity index (χ4v) is 1.80. The Labute approximate surface area is 98.5 Å². The molecule has 0 saturated carbocycles. The van der Waals surface area contributed by atoms with Gasteiger partial charge in [-0.3, -0.25) is 4.79 Å². The van der Waals surface area contributed by atoms with Gasteiger partial charge in [0.15, 0.2) is 0 Å². The highest BCUT2D eigenvalue weighted by atomic mass is 35.5. The summed E-state index contributed by atoms with van der Waals surface area (Å²) in [6, 6.07) is 0. The van der Waals surface area contributed by atoms with Crippen LogP contribution in [0.5, 0.6) is 0 Å². The first-order valence-electron chi connectivity index (χ1n) is 4.22. The average Bonchev–Trinajstić information content (AvgIpc) is 2.15. The lowest BCUT2D eigenvalue weighted by Crippen LogP contribution is -2.20. The zero-order valence-corrected chi connectivity index (χ0v) is 10.5. The summed E-state index contributed by atoms with van der Waals surface area (Å²) in [6.45, 7) is 4.44. The normalized spacial score (nSPS) is 11.9. The Balaban J connectivity index is 3.67. The summed E-state index contributed by atoms with van der Waals surface area (Å²) in [4.78, 5) is 11.1. The van der Waals surface area contributed by atoms with Crippen molar-refractivity contribution >= 4 is 45.9 Å². The quantitative estimate of drug-likeness (QED) is 0.428. The van der Waals surface area contributed by atoms with E-state index in [0.717, 1.165) is 0 Å². The number of carbonyl (C=O) groups is 1. The van der Waals surface area contributed by atoms with E-state index in [9.17, 15) is 4.79 Å². The van der Waals surface area contributed by atoms with E-state index in [1.54, 1.807) is 6.92 Å². The molecule has 0 heterocycles. The highest BCUT2D eigenvalue weighted by Crippen LogP contribution is 2.12. The molecule has 6 heteroatoms. The van der Waals surface area contributed by atoms with Crippen LogP contribution in [0.3, 0.4) is 0 Å². The number of carbonyl (C=O) groups excluding carboxylic acids is 1. The van der Waals surface area contributed by atoms with Crippen molar-refractivity contribution in [3.05, 3.63) is 0 Å². The van der Waals surface area contributed by atoms with Crippen molar-refractivity contribution in [1.29, 1.82) is 0 Å². The van der Waals surface area contributed by atoms with Gasteiger partial charge in [0.05, 0.1) is 13.2 Å². The Morgan fingerprint density at radius 1 is 1.43 bits per heavy atom. The van der Waals surface area contributed by atoms with Crippen LogP contribution in [-0.4, -0.2) is 34.7 Å². The molecule has 0 aliphatic heterocycles. The molecular weight excluding hydrogens is 244 g/mol. The minimum Gasteiger partial charge on any atom is -0.479 e. The van der Waals surface area contributed by atoms with Crippen LogP contribution in [0.25, 0.3) is 0 Å². The standard InChI is InChI=1S/C8H13ClO3S2/c1-3-11-7(10)6(9)5-14-8(13)12-4-2/h6H,3-5H2,1-2H3. The molecular formula is C8H13ClO3S2. The van der Waals surface area contributed by atoms with Gasteiger partial charge in [-0.05, 0) is 26.1 Å². The van der Waals surface area contributed by atoms with Gasteiger partial charge in [0.25, 0.3) is 0 Å². The smallest absolute Gasteiger partial charge is 0.324 e. The van der Waals surface area contributed by atoms with Crippen molar-refractivity contribution in [1.82, 2.24) is 0 Å². The van der Waals surface area contributed by atoms with E-state index in [4.69, 9.17) is 33.3 Å². The molecule has 3 nitrogen and oxygen atoms in total. The van der Waals surface area contributed by atoms with Gasteiger partial charge in [-0.2, -0.15) is 0 Å². The monoisotopic (exact) mass is 256 g/mol. The molecule has 0 aliphatic carbocycles. The Hall–Kier alpha value is -0.0000000000000000833. The predicted molar refractivity (Wildman–Crippen MR) is 63.0 cm³/mol. The minimum absolute atomic E-state index is 0.336. The first-order chi connectivity index (χ1) is 6.61. The average molecular weight is 257 g/mol. The number of halogens is 1. The Morgan fingerprint density at radius 2 is 2.00 bits per heavy atom. The van der Waals surface area contributed by atoms with Gasteiger partial charge in [0, 0.05) is 5.75 Å². The molecule has 0 aromatic heterocycles. The van der Waals surface area contributed by atoms with Gasteiger partial charge in [0.1, 0.15) is 5.38 Å². The lowest BCUT2D eigenvalue weighted by Gasteiger charge is -2.08. The summed E-state index contributed by atoms with van der Waals surface area (Å²) >= 11 is 11.8. The fraction of sp³-hybridized carbons (Fsp3) is 0.750. The van der Waals surface area contributed by atoms with E-state index in [2.05, 4.69) is 0 Å². The number of ether oxygens (including phenoxy) is 2. The van der Waals surface area contributed by atoms with Crippen molar-refractivity contribution in [2.45, 2.75) is 19.2 Å². The van der Waals surface area contributed by atoms with E-state index in [1.807, 2.05) is 6.92 Å². The Bertz CT molecular complexity index is 199. The zero-order chi connectivity index (χ0) is 11.0. The number of esters is 1. The number of thiocarbonyl (C=S) groups is 1. The molecule has 0 spiro atoms. The molecule has 0 bridgehead atoms. The largest absolute Gasteiger partial charge is 0.479 e. The first kappa shape index (κ1) is 14.0. The van der Waals surface area contributed by atoms with Crippen LogP contribution in [0.1, 0.15) is 13.8 Å². The first-order valence-corrected chi connectivity index (χ1v) is 6.05. The molecule has 1 atom stereocenters. The Morgan fingerprint density at radius 3 is 2.50 bits per heavy atom. The third-order valence-corrected chi connectivity index (χ3v) is 2.99. The topological polar surface area (TPSA) is 35.5 Å². The molecule has 0 N–H and O–H groups in total. The highest BCUT2D eigenvalue weighted by molar-refractivity contribution is 8.22. The number of alkyl halides is 1. The van der Waals surface area contributed by atoms with Crippen molar-refractivity contribution in [3.8, 4) is 0 Å². The number of hydrogen-bond acceptors (Lipinski definition) is 5. The summed E-state index contributed by atoms with van der Waals surface area (Å²) in [7, 11) is 0. The van der Waals surface area contributed by atoms with Gasteiger partial charge in [-0.1, -0.05) is 11.8 Å². The van der Waals surface area contributed by atoms with Crippen molar-refractivity contribution in [3.63, 3.8) is 0 Å². The van der Waals surface area contributed by atoms with E-state index >= 15 is 0 Å². The summed E-state index contributed by atoms with van der Waals surface area (Å²) in [6.07, 6.45) is 0. The Kier molecular flexibility index (Phi) is 8.32. The van der Waals surface area contributed by atoms with Gasteiger partial charge < -0.3 is 9.47 Å². The summed E-state index contributed by atoms with van der Waals surface area (Å²) < 4.78 is 10.1. The van der Waals surface area contributed by atoms with Crippen LogP contribution in [0.15, 0.2) is 0 Å². The zero-order valence-electron chi connectivity index (χ0n) is 8.12. The molecule has 0 radical (unpaired) electrons. The van der Waals surface area contributed by atoms with Crippen LogP contribution < -0.4 is 0 Å². The lowest BCUT2D eigenvalue weighted by molar-refractivity contribution is -0.142. The highest BCUT2D eigenvalue weighted by Gasteiger charge is 2.17. The maximum Gasteiger partial charge on any atom is 0.324 e. The maximum absolute atomic E-state index is 11.1. The molecule has 82 valence electrons. The summed E-state index contributed by atoms with van der Waals surface area (Å²) in [5, 5.41) is -0.668. The van der Waals surface area contributed by atoms with Crippen LogP contribution in [0.4, 0.5) is 0 Å². The second kappa shape index (κ2) is 8.32. The molecule has 0 aliphatic rings. The van der Waals surface area contributed by atoms with Gasteiger partial charge in [-0.15, -0.1) is 11.6 Å². The molecule has 0 fully saturated rings. The van der Waals surface area contributed by atoms with Gasteiger partial charge in [-0.25, -0.2) is 0 Å². The maximum atomic E-state index is 11.1. The minimum atomic E-state index is -0.668. The van der Waals surface area contributed by atoms with E-state index in [0.29, 0.717) is 23.3 Å². The van der Waals surface area contributed by atoms with E-state index in [-0.39, 0.29) is 0 Å². The van der Waals surface area contributed by atoms with Crippen LogP contribution in [0, 0.1) is 0 Å². The molecule has 14 heavy (non-hydrogen) atoms. The third kappa shape index (κ3) is 6.45. The molecule has 0 aromatic carbocycles. The van der Waals surface area contributed by atoms with Crippen molar-refractivity contribution in [2.75, 3.05) is 19.0 Å². The SMILES string of the molecule is CCOC(=O)C(Cl)CSC(=S)OCC. The van der Waals surface area contributed by atoms with Crippen LogP contribution in [-0.2, 0) is 14.3 Å². The molecule has 0 aromatic rings. The summed E-state index contributed by atoms with van der Waals surface area (Å²) in [5.74, 6) is -0.0415.